The minimum absolute atomic E-state index is 0.698. The van der Waals surface area contributed by atoms with Crippen molar-refractivity contribution in [1.29, 1.82) is 0 Å². The number of nitrogens with one attached hydrogen (secondary N) is 1. The lowest BCUT2D eigenvalue weighted by molar-refractivity contribution is 0.164. The summed E-state index contributed by atoms with van der Waals surface area (Å²) in [4.78, 5) is 2.71. The van der Waals surface area contributed by atoms with Crippen molar-refractivity contribution < 1.29 is 0 Å². The second kappa shape index (κ2) is 4.86. The minimum Gasteiger partial charge on any atom is -0.313 e. The molecule has 0 aromatic rings. The molecule has 1 N–H and O–H groups in total. The van der Waals surface area contributed by atoms with E-state index in [2.05, 4.69) is 23.4 Å². The number of likely N-dealkylation sites (tertiary alicyclic amines) is 1. The molecule has 0 amide bonds. The van der Waals surface area contributed by atoms with Gasteiger partial charge in [0.1, 0.15) is 0 Å². The van der Waals surface area contributed by atoms with Crippen LogP contribution in [0.3, 0.4) is 0 Å². The van der Waals surface area contributed by atoms with Crippen LogP contribution in [-0.2, 0) is 0 Å². The van der Waals surface area contributed by atoms with E-state index in [1.807, 2.05) is 11.8 Å². The van der Waals surface area contributed by atoms with E-state index in [9.17, 15) is 0 Å². The number of rotatable bonds is 2. The average molecular weight is 214 g/mol. The molecule has 2 aliphatic rings. The van der Waals surface area contributed by atoms with Crippen LogP contribution >= 0.6 is 11.8 Å². The van der Waals surface area contributed by atoms with E-state index in [4.69, 9.17) is 0 Å². The minimum atomic E-state index is 0.698. The number of hydrogen-bond donors (Lipinski definition) is 1. The summed E-state index contributed by atoms with van der Waals surface area (Å²) < 4.78 is 0. The second-order valence-electron chi connectivity index (χ2n) is 4.59. The smallest absolute Gasteiger partial charge is 0.0247 e. The molecule has 0 aromatic heterocycles. The van der Waals surface area contributed by atoms with E-state index >= 15 is 0 Å². The molecule has 3 atom stereocenters. The first-order chi connectivity index (χ1) is 6.81. The molecule has 2 rings (SSSR count). The van der Waals surface area contributed by atoms with Gasteiger partial charge in [0.15, 0.2) is 0 Å². The molecule has 2 saturated heterocycles. The van der Waals surface area contributed by atoms with Crippen molar-refractivity contribution in [3.63, 3.8) is 0 Å². The second-order valence-corrected chi connectivity index (χ2v) is 5.73. The van der Waals surface area contributed by atoms with Crippen molar-refractivity contribution in [1.82, 2.24) is 10.2 Å². The molecule has 2 fully saturated rings. The van der Waals surface area contributed by atoms with Crippen molar-refractivity contribution >= 4 is 11.8 Å². The topological polar surface area (TPSA) is 15.3 Å². The maximum Gasteiger partial charge on any atom is 0.0247 e. The van der Waals surface area contributed by atoms with Crippen molar-refractivity contribution in [3.8, 4) is 0 Å². The van der Waals surface area contributed by atoms with Crippen molar-refractivity contribution in [2.45, 2.75) is 43.5 Å². The fourth-order valence-electron chi connectivity index (χ4n) is 2.77. The first-order valence-electron chi connectivity index (χ1n) is 5.81. The first kappa shape index (κ1) is 10.8. The quantitative estimate of drug-likeness (QED) is 0.751. The standard InChI is InChI=1S/C11H22N2S/c1-9-11(4-3-6-12-9)13-7-5-10(8-13)14-2/h9-12H,3-8H2,1-2H3. The summed E-state index contributed by atoms with van der Waals surface area (Å²) in [5.41, 5.74) is 0. The third-order valence-electron chi connectivity index (χ3n) is 3.70. The molecule has 2 heterocycles. The Kier molecular flexibility index (Phi) is 3.74. The zero-order chi connectivity index (χ0) is 9.97. The average Bonchev–Trinajstić information content (AvgIpc) is 2.67. The monoisotopic (exact) mass is 214 g/mol. The summed E-state index contributed by atoms with van der Waals surface area (Å²) in [5.74, 6) is 0. The molecule has 3 heteroatoms. The zero-order valence-corrected chi connectivity index (χ0v) is 10.1. The normalized spacial score (nSPS) is 40.3. The van der Waals surface area contributed by atoms with Crippen LogP contribution in [0, 0.1) is 0 Å². The van der Waals surface area contributed by atoms with Crippen molar-refractivity contribution in [3.05, 3.63) is 0 Å². The van der Waals surface area contributed by atoms with Gasteiger partial charge in [-0.25, -0.2) is 0 Å². The molecule has 14 heavy (non-hydrogen) atoms. The van der Waals surface area contributed by atoms with E-state index < -0.39 is 0 Å². The fourth-order valence-corrected chi connectivity index (χ4v) is 3.45. The van der Waals surface area contributed by atoms with Crippen LogP contribution in [-0.4, -0.2) is 48.1 Å². The van der Waals surface area contributed by atoms with E-state index in [1.54, 1.807) is 0 Å². The van der Waals surface area contributed by atoms with E-state index in [0.717, 1.165) is 11.3 Å². The van der Waals surface area contributed by atoms with Crippen LogP contribution in [0.2, 0.25) is 0 Å². The highest BCUT2D eigenvalue weighted by atomic mass is 32.2. The Bertz CT molecular complexity index is 186. The predicted molar refractivity (Wildman–Crippen MR) is 64.0 cm³/mol. The highest BCUT2D eigenvalue weighted by Crippen LogP contribution is 2.25. The highest BCUT2D eigenvalue weighted by Gasteiger charge is 2.31. The van der Waals surface area contributed by atoms with Gasteiger partial charge in [0, 0.05) is 23.9 Å². The Morgan fingerprint density at radius 1 is 1.36 bits per heavy atom. The third-order valence-corrected chi connectivity index (χ3v) is 4.75. The van der Waals surface area contributed by atoms with Gasteiger partial charge in [-0.05, 0) is 45.5 Å². The summed E-state index contributed by atoms with van der Waals surface area (Å²) in [5, 5.41) is 4.49. The van der Waals surface area contributed by atoms with Crippen LogP contribution in [0.25, 0.3) is 0 Å². The Balaban J connectivity index is 1.88. The van der Waals surface area contributed by atoms with Crippen molar-refractivity contribution in [2.24, 2.45) is 0 Å². The first-order valence-corrected chi connectivity index (χ1v) is 7.10. The van der Waals surface area contributed by atoms with Crippen LogP contribution in [0.1, 0.15) is 26.2 Å². The largest absolute Gasteiger partial charge is 0.313 e. The van der Waals surface area contributed by atoms with Gasteiger partial charge in [0.25, 0.3) is 0 Å². The fraction of sp³-hybridized carbons (Fsp3) is 1.00. The summed E-state index contributed by atoms with van der Waals surface area (Å²) in [6, 6.07) is 1.50. The Morgan fingerprint density at radius 2 is 2.21 bits per heavy atom. The molecule has 0 spiro atoms. The lowest BCUT2D eigenvalue weighted by Crippen LogP contribution is -2.51. The number of hydrogen-bond acceptors (Lipinski definition) is 3. The Labute approximate surface area is 91.8 Å². The Morgan fingerprint density at radius 3 is 2.86 bits per heavy atom. The molecule has 2 nitrogen and oxygen atoms in total. The molecule has 0 saturated carbocycles. The number of piperidine rings is 1. The maximum atomic E-state index is 3.59. The molecule has 2 aliphatic heterocycles. The predicted octanol–water partition coefficient (Wildman–Crippen LogP) is 1.56. The van der Waals surface area contributed by atoms with Gasteiger partial charge in [0.2, 0.25) is 0 Å². The third kappa shape index (κ3) is 2.26. The van der Waals surface area contributed by atoms with Gasteiger partial charge in [-0.2, -0.15) is 11.8 Å². The molecular weight excluding hydrogens is 192 g/mol. The van der Waals surface area contributed by atoms with Gasteiger partial charge < -0.3 is 5.32 Å². The number of nitrogens with zero attached hydrogens (tertiary/aromatic N) is 1. The number of thioether (sulfide) groups is 1. The molecule has 82 valence electrons. The summed E-state index contributed by atoms with van der Waals surface area (Å²) >= 11 is 2.04. The van der Waals surface area contributed by atoms with Crippen LogP contribution in [0.15, 0.2) is 0 Å². The van der Waals surface area contributed by atoms with E-state index in [1.165, 1.54) is 38.9 Å². The zero-order valence-electron chi connectivity index (χ0n) is 9.33. The van der Waals surface area contributed by atoms with Crippen LogP contribution in [0.4, 0.5) is 0 Å². The van der Waals surface area contributed by atoms with Gasteiger partial charge in [-0.1, -0.05) is 0 Å². The summed E-state index contributed by atoms with van der Waals surface area (Å²) in [7, 11) is 0. The van der Waals surface area contributed by atoms with E-state index in [0.29, 0.717) is 6.04 Å². The molecule has 3 unspecified atom stereocenters. The van der Waals surface area contributed by atoms with Crippen LogP contribution < -0.4 is 5.32 Å². The highest BCUT2D eigenvalue weighted by molar-refractivity contribution is 7.99. The van der Waals surface area contributed by atoms with Gasteiger partial charge in [-0.3, -0.25) is 4.90 Å². The SMILES string of the molecule is CSC1CCN(C2CCCNC2C)C1. The van der Waals surface area contributed by atoms with Gasteiger partial charge >= 0.3 is 0 Å². The lowest BCUT2D eigenvalue weighted by atomic mass is 9.98. The van der Waals surface area contributed by atoms with Gasteiger partial charge in [0.05, 0.1) is 0 Å². The molecule has 0 aliphatic carbocycles. The van der Waals surface area contributed by atoms with E-state index in [-0.39, 0.29) is 0 Å². The maximum absolute atomic E-state index is 3.59. The van der Waals surface area contributed by atoms with Crippen molar-refractivity contribution in [2.75, 3.05) is 25.9 Å². The molecule has 0 bridgehead atoms. The molecule has 0 radical (unpaired) electrons. The summed E-state index contributed by atoms with van der Waals surface area (Å²) in [6.07, 6.45) is 6.39. The lowest BCUT2D eigenvalue weighted by Gasteiger charge is -2.36. The molecule has 0 aromatic carbocycles. The summed E-state index contributed by atoms with van der Waals surface area (Å²) in [6.45, 7) is 6.20. The Hall–Kier alpha value is 0.270. The van der Waals surface area contributed by atoms with Gasteiger partial charge in [-0.15, -0.1) is 0 Å². The van der Waals surface area contributed by atoms with Crippen LogP contribution in [0.5, 0.6) is 0 Å². The molecular formula is C11H22N2S.